The van der Waals surface area contributed by atoms with Crippen molar-refractivity contribution in [3.8, 4) is 0 Å². The molecule has 1 unspecified atom stereocenters. The zero-order valence-corrected chi connectivity index (χ0v) is 17.2. The summed E-state index contributed by atoms with van der Waals surface area (Å²) in [5, 5.41) is 3.64. The van der Waals surface area contributed by atoms with E-state index in [1.165, 1.54) is 23.9 Å². The summed E-state index contributed by atoms with van der Waals surface area (Å²) in [7, 11) is 0. The largest absolute Gasteiger partial charge is 0.467 e. The van der Waals surface area contributed by atoms with Gasteiger partial charge in [0.15, 0.2) is 10.8 Å². The standard InChI is InChI=1S/C22H21FN4O2S/c1-2-19(21(28)25-13-17-5-4-12-29-17)27-20-18(6-3-11-24-20)26-22(27)30-14-15-7-9-16(23)10-8-15/h3-12,19H,2,13-14H2,1H3,(H,25,28). The number of carbonyl (C=O) groups excluding carboxylic acids is 1. The van der Waals surface area contributed by atoms with Crippen LogP contribution in [0, 0.1) is 5.82 Å². The van der Waals surface area contributed by atoms with E-state index in [1.807, 2.05) is 29.7 Å². The van der Waals surface area contributed by atoms with Crippen LogP contribution in [0.2, 0.25) is 0 Å². The van der Waals surface area contributed by atoms with Gasteiger partial charge in [-0.25, -0.2) is 14.4 Å². The van der Waals surface area contributed by atoms with Crippen molar-refractivity contribution in [1.82, 2.24) is 19.9 Å². The molecule has 3 aromatic heterocycles. The molecule has 3 heterocycles. The second-order valence-corrected chi connectivity index (χ2v) is 7.69. The van der Waals surface area contributed by atoms with Gasteiger partial charge < -0.3 is 9.73 Å². The number of amides is 1. The highest BCUT2D eigenvalue weighted by molar-refractivity contribution is 7.98. The molecule has 8 heteroatoms. The van der Waals surface area contributed by atoms with Crippen molar-refractivity contribution in [3.05, 3.63) is 78.1 Å². The lowest BCUT2D eigenvalue weighted by Crippen LogP contribution is -2.32. The Bertz CT molecular complexity index is 1130. The number of nitrogens with zero attached hydrogens (tertiary/aromatic N) is 3. The predicted octanol–water partition coefficient (Wildman–Crippen LogP) is 4.72. The average molecular weight is 425 g/mol. The summed E-state index contributed by atoms with van der Waals surface area (Å²) in [6, 6.07) is 13.2. The Morgan fingerprint density at radius 1 is 1.23 bits per heavy atom. The van der Waals surface area contributed by atoms with Crippen LogP contribution in [0.25, 0.3) is 11.2 Å². The fourth-order valence-electron chi connectivity index (χ4n) is 3.21. The quantitative estimate of drug-likeness (QED) is 0.414. The minimum Gasteiger partial charge on any atom is -0.467 e. The third-order valence-corrected chi connectivity index (χ3v) is 5.74. The Balaban J connectivity index is 1.60. The number of rotatable bonds is 8. The van der Waals surface area contributed by atoms with Gasteiger partial charge in [0.05, 0.1) is 12.8 Å². The summed E-state index contributed by atoms with van der Waals surface area (Å²) in [5.41, 5.74) is 2.37. The minimum atomic E-state index is -0.462. The lowest BCUT2D eigenvalue weighted by Gasteiger charge is -2.19. The summed E-state index contributed by atoms with van der Waals surface area (Å²) < 4.78 is 20.4. The molecule has 1 aromatic carbocycles. The van der Waals surface area contributed by atoms with Crippen molar-refractivity contribution in [2.45, 2.75) is 36.8 Å². The van der Waals surface area contributed by atoms with Gasteiger partial charge in [0.25, 0.3) is 0 Å². The molecule has 154 valence electrons. The first-order valence-corrected chi connectivity index (χ1v) is 10.6. The third kappa shape index (κ3) is 4.38. The normalized spacial score (nSPS) is 12.2. The molecule has 4 rings (SSSR count). The van der Waals surface area contributed by atoms with Crippen LogP contribution in [0.5, 0.6) is 0 Å². The number of benzene rings is 1. The van der Waals surface area contributed by atoms with Crippen molar-refractivity contribution in [1.29, 1.82) is 0 Å². The summed E-state index contributed by atoms with van der Waals surface area (Å²) in [6.45, 7) is 2.28. The highest BCUT2D eigenvalue weighted by atomic mass is 32.2. The maximum absolute atomic E-state index is 13.2. The van der Waals surface area contributed by atoms with Crippen LogP contribution in [-0.2, 0) is 17.1 Å². The van der Waals surface area contributed by atoms with Gasteiger partial charge in [-0.15, -0.1) is 0 Å². The molecule has 0 bridgehead atoms. The lowest BCUT2D eigenvalue weighted by atomic mass is 10.2. The molecule has 0 spiro atoms. The highest BCUT2D eigenvalue weighted by Gasteiger charge is 2.25. The predicted molar refractivity (Wildman–Crippen MR) is 113 cm³/mol. The molecule has 0 aliphatic heterocycles. The van der Waals surface area contributed by atoms with E-state index in [9.17, 15) is 9.18 Å². The Morgan fingerprint density at radius 2 is 2.07 bits per heavy atom. The van der Waals surface area contributed by atoms with Gasteiger partial charge in [-0.3, -0.25) is 9.36 Å². The number of pyridine rings is 1. The van der Waals surface area contributed by atoms with Crippen molar-refractivity contribution in [2.75, 3.05) is 0 Å². The Morgan fingerprint density at radius 3 is 2.80 bits per heavy atom. The van der Waals surface area contributed by atoms with E-state index in [4.69, 9.17) is 9.40 Å². The van der Waals surface area contributed by atoms with Gasteiger partial charge in [0, 0.05) is 11.9 Å². The topological polar surface area (TPSA) is 73.0 Å². The summed E-state index contributed by atoms with van der Waals surface area (Å²) in [4.78, 5) is 22.2. The summed E-state index contributed by atoms with van der Waals surface area (Å²) >= 11 is 1.50. The van der Waals surface area contributed by atoms with Gasteiger partial charge >= 0.3 is 0 Å². The SMILES string of the molecule is CCC(C(=O)NCc1ccco1)n1c(SCc2ccc(F)cc2)nc2cccnc21. The molecule has 0 aliphatic rings. The zero-order valence-electron chi connectivity index (χ0n) is 16.4. The zero-order chi connectivity index (χ0) is 20.9. The van der Waals surface area contributed by atoms with Crippen molar-refractivity contribution in [2.24, 2.45) is 0 Å². The summed E-state index contributed by atoms with van der Waals surface area (Å²) in [6.07, 6.45) is 3.86. The number of carbonyl (C=O) groups is 1. The van der Waals surface area contributed by atoms with E-state index in [2.05, 4.69) is 10.3 Å². The number of fused-ring (bicyclic) bond motifs is 1. The number of aromatic nitrogens is 3. The first kappa shape index (κ1) is 20.2. The van der Waals surface area contributed by atoms with Crippen molar-refractivity contribution < 1.29 is 13.6 Å². The maximum atomic E-state index is 13.2. The number of furan rings is 1. The summed E-state index contributed by atoms with van der Waals surface area (Å²) in [5.74, 6) is 0.910. The van der Waals surface area contributed by atoms with Gasteiger partial charge in [-0.2, -0.15) is 0 Å². The molecule has 0 fully saturated rings. The first-order chi connectivity index (χ1) is 14.7. The van der Waals surface area contributed by atoms with E-state index in [1.54, 1.807) is 30.7 Å². The van der Waals surface area contributed by atoms with E-state index in [0.717, 1.165) is 11.1 Å². The van der Waals surface area contributed by atoms with Crippen LogP contribution < -0.4 is 5.32 Å². The third-order valence-electron chi connectivity index (χ3n) is 4.72. The van der Waals surface area contributed by atoms with Crippen molar-refractivity contribution in [3.63, 3.8) is 0 Å². The van der Waals surface area contributed by atoms with Crippen LogP contribution >= 0.6 is 11.8 Å². The van der Waals surface area contributed by atoms with Crippen LogP contribution in [-0.4, -0.2) is 20.4 Å². The molecule has 1 N–H and O–H groups in total. The van der Waals surface area contributed by atoms with E-state index in [0.29, 0.717) is 35.3 Å². The fraction of sp³-hybridized carbons (Fsp3) is 0.227. The second kappa shape index (κ2) is 9.13. The van der Waals surface area contributed by atoms with E-state index >= 15 is 0 Å². The van der Waals surface area contributed by atoms with Crippen LogP contribution in [0.1, 0.15) is 30.7 Å². The molecular formula is C22H21FN4O2S. The van der Waals surface area contributed by atoms with Gasteiger partial charge in [0.2, 0.25) is 5.91 Å². The highest BCUT2D eigenvalue weighted by Crippen LogP contribution is 2.30. The number of halogens is 1. The molecule has 6 nitrogen and oxygen atoms in total. The molecule has 30 heavy (non-hydrogen) atoms. The van der Waals surface area contributed by atoms with Gasteiger partial charge in [0.1, 0.15) is 23.1 Å². The van der Waals surface area contributed by atoms with Crippen LogP contribution in [0.4, 0.5) is 4.39 Å². The number of imidazole rings is 1. The Kier molecular flexibility index (Phi) is 6.13. The van der Waals surface area contributed by atoms with Gasteiger partial charge in [-0.05, 0) is 48.4 Å². The Labute approximate surface area is 177 Å². The minimum absolute atomic E-state index is 0.123. The number of hydrogen-bond acceptors (Lipinski definition) is 5. The molecule has 0 saturated heterocycles. The van der Waals surface area contributed by atoms with E-state index in [-0.39, 0.29) is 11.7 Å². The molecule has 0 radical (unpaired) electrons. The molecule has 0 saturated carbocycles. The Hall–Kier alpha value is -3.13. The van der Waals surface area contributed by atoms with Crippen LogP contribution in [0.15, 0.2) is 70.6 Å². The number of nitrogens with one attached hydrogen (secondary N) is 1. The average Bonchev–Trinajstić information content (AvgIpc) is 3.41. The second-order valence-electron chi connectivity index (χ2n) is 6.75. The van der Waals surface area contributed by atoms with Gasteiger partial charge in [-0.1, -0.05) is 30.8 Å². The monoisotopic (exact) mass is 424 g/mol. The molecule has 4 aromatic rings. The number of thioether (sulfide) groups is 1. The molecule has 0 aliphatic carbocycles. The lowest BCUT2D eigenvalue weighted by molar-refractivity contribution is -0.124. The molecular weight excluding hydrogens is 403 g/mol. The first-order valence-electron chi connectivity index (χ1n) is 9.66. The smallest absolute Gasteiger partial charge is 0.243 e. The van der Waals surface area contributed by atoms with Crippen molar-refractivity contribution >= 4 is 28.8 Å². The number of hydrogen-bond donors (Lipinski definition) is 1. The van der Waals surface area contributed by atoms with Crippen LogP contribution in [0.3, 0.4) is 0 Å². The van der Waals surface area contributed by atoms with E-state index < -0.39 is 6.04 Å². The molecule has 1 atom stereocenters. The molecule has 1 amide bonds. The fourth-order valence-corrected chi connectivity index (χ4v) is 4.21. The maximum Gasteiger partial charge on any atom is 0.243 e.